The second-order valence-corrected chi connectivity index (χ2v) is 12.4. The van der Waals surface area contributed by atoms with E-state index in [2.05, 4.69) is 55.6 Å². The van der Waals surface area contributed by atoms with Gasteiger partial charge in [-0.15, -0.1) is 0 Å². The fraction of sp³-hybridized carbons (Fsp3) is 0.571. The number of esters is 1. The Morgan fingerprint density at radius 3 is 2.33 bits per heavy atom. The van der Waals surface area contributed by atoms with Gasteiger partial charge in [-0.3, -0.25) is 4.79 Å². The van der Waals surface area contributed by atoms with Crippen molar-refractivity contribution in [1.29, 1.82) is 0 Å². The molecule has 2 rings (SSSR count). The molecule has 0 radical (unpaired) electrons. The summed E-state index contributed by atoms with van der Waals surface area (Å²) in [6, 6.07) is 11.0. The van der Waals surface area contributed by atoms with Crippen LogP contribution in [0, 0.1) is 5.92 Å². The van der Waals surface area contributed by atoms with E-state index in [1.807, 2.05) is 6.92 Å². The molecule has 0 heterocycles. The van der Waals surface area contributed by atoms with Gasteiger partial charge in [-0.1, -0.05) is 86.8 Å². The van der Waals surface area contributed by atoms with Gasteiger partial charge >= 0.3 is 5.97 Å². The number of hydrogen-bond donors (Lipinski definition) is 0. The topological polar surface area (TPSA) is 26.3 Å². The van der Waals surface area contributed by atoms with Crippen LogP contribution in [0.15, 0.2) is 42.5 Å². The van der Waals surface area contributed by atoms with Gasteiger partial charge in [0.2, 0.25) is 0 Å². The molecule has 3 heteroatoms. The van der Waals surface area contributed by atoms with Crippen LogP contribution in [-0.4, -0.2) is 20.1 Å². The highest BCUT2D eigenvalue weighted by Gasteiger charge is 2.37. The minimum Gasteiger partial charge on any atom is -0.459 e. The maximum absolute atomic E-state index is 11.2. The normalized spacial score (nSPS) is 19.2. The van der Waals surface area contributed by atoms with Crippen molar-refractivity contribution in [2.24, 2.45) is 5.92 Å². The Labute approximate surface area is 148 Å². The van der Waals surface area contributed by atoms with E-state index in [0.29, 0.717) is 5.54 Å². The zero-order valence-corrected chi connectivity index (χ0v) is 16.6. The van der Waals surface area contributed by atoms with E-state index >= 15 is 0 Å². The van der Waals surface area contributed by atoms with Crippen molar-refractivity contribution in [1.82, 2.24) is 0 Å². The number of benzene rings is 1. The van der Waals surface area contributed by atoms with E-state index in [9.17, 15) is 4.79 Å². The molecular formula is C21H32O2Si. The largest absolute Gasteiger partial charge is 0.459 e. The molecule has 2 atom stereocenters. The smallest absolute Gasteiger partial charge is 0.303 e. The fourth-order valence-corrected chi connectivity index (χ4v) is 7.66. The highest BCUT2D eigenvalue weighted by molar-refractivity contribution is 6.91. The average molecular weight is 345 g/mol. The molecule has 0 aromatic heterocycles. The number of hydrogen-bond acceptors (Lipinski definition) is 2. The molecule has 0 N–H and O–H groups in total. The van der Waals surface area contributed by atoms with Crippen LogP contribution in [0.3, 0.4) is 0 Å². The molecule has 1 aliphatic carbocycles. The lowest BCUT2D eigenvalue weighted by molar-refractivity contribution is -0.143. The maximum atomic E-state index is 11.2. The number of allylic oxidation sites excluding steroid dienone is 1. The second-order valence-electron chi connectivity index (χ2n) is 7.71. The molecule has 0 bridgehead atoms. The fourth-order valence-electron chi connectivity index (χ4n) is 4.12. The zero-order valence-electron chi connectivity index (χ0n) is 15.6. The van der Waals surface area contributed by atoms with Gasteiger partial charge in [-0.25, -0.2) is 0 Å². The van der Waals surface area contributed by atoms with Gasteiger partial charge in [-0.05, 0) is 24.5 Å². The van der Waals surface area contributed by atoms with Crippen molar-refractivity contribution in [3.8, 4) is 0 Å². The molecule has 0 aliphatic heterocycles. The monoisotopic (exact) mass is 344 g/mol. The lowest BCUT2D eigenvalue weighted by Crippen LogP contribution is -2.48. The zero-order chi connectivity index (χ0) is 17.6. The Kier molecular flexibility index (Phi) is 6.85. The third kappa shape index (κ3) is 5.07. The quantitative estimate of drug-likeness (QED) is 0.409. The Morgan fingerprint density at radius 1 is 1.12 bits per heavy atom. The summed E-state index contributed by atoms with van der Waals surface area (Å²) in [5.74, 6) is 0.558. The van der Waals surface area contributed by atoms with E-state index in [-0.39, 0.29) is 12.1 Å². The first-order chi connectivity index (χ1) is 11.4. The van der Waals surface area contributed by atoms with Gasteiger partial charge in [0.1, 0.15) is 6.10 Å². The Bertz CT molecular complexity index is 544. The first kappa shape index (κ1) is 19.0. The van der Waals surface area contributed by atoms with Crippen LogP contribution < -0.4 is 5.19 Å². The maximum Gasteiger partial charge on any atom is 0.303 e. The molecule has 0 unspecified atom stereocenters. The molecule has 1 aromatic carbocycles. The molecular weight excluding hydrogens is 312 g/mol. The van der Waals surface area contributed by atoms with Crippen molar-refractivity contribution in [3.63, 3.8) is 0 Å². The van der Waals surface area contributed by atoms with E-state index in [4.69, 9.17) is 4.74 Å². The summed E-state index contributed by atoms with van der Waals surface area (Å²) in [6.45, 7) is 8.41. The molecule has 1 aliphatic rings. The summed E-state index contributed by atoms with van der Waals surface area (Å²) in [7, 11) is -1.63. The van der Waals surface area contributed by atoms with Crippen LogP contribution in [-0.2, 0) is 9.53 Å². The molecule has 2 nitrogen and oxygen atoms in total. The standard InChI is InChI=1S/C21H32O2Si/c1-17(23-18(2)22)15-16-21(19-11-7-5-8-12-19)24(3,4)20-13-9-6-10-14-20/h6,9-10,13-17,19,21H,5,7-8,11-12H2,1-4H3/b16-15-/t17-,21-/m1/s1. The van der Waals surface area contributed by atoms with Crippen LogP contribution in [0.2, 0.25) is 18.6 Å². The van der Waals surface area contributed by atoms with E-state index in [1.54, 1.807) is 0 Å². The van der Waals surface area contributed by atoms with Gasteiger partial charge < -0.3 is 4.74 Å². The molecule has 1 saturated carbocycles. The van der Waals surface area contributed by atoms with E-state index in [0.717, 1.165) is 5.92 Å². The molecule has 24 heavy (non-hydrogen) atoms. The van der Waals surface area contributed by atoms with Gasteiger partial charge in [-0.2, -0.15) is 0 Å². The first-order valence-corrected chi connectivity index (χ1v) is 12.4. The summed E-state index contributed by atoms with van der Waals surface area (Å²) in [4.78, 5) is 11.2. The van der Waals surface area contributed by atoms with Crippen LogP contribution in [0.4, 0.5) is 0 Å². The van der Waals surface area contributed by atoms with Crippen molar-refractivity contribution in [2.45, 2.75) is 70.7 Å². The molecule has 0 saturated heterocycles. The Balaban J connectivity index is 2.25. The number of ether oxygens (including phenoxy) is 1. The minimum absolute atomic E-state index is 0.144. The highest BCUT2D eigenvalue weighted by Crippen LogP contribution is 2.40. The summed E-state index contributed by atoms with van der Waals surface area (Å²) in [6.07, 6.45) is 11.1. The second kappa shape index (κ2) is 8.66. The van der Waals surface area contributed by atoms with Crippen molar-refractivity contribution in [2.75, 3.05) is 0 Å². The van der Waals surface area contributed by atoms with Crippen molar-refractivity contribution >= 4 is 19.2 Å². The lowest BCUT2D eigenvalue weighted by atomic mass is 9.86. The SMILES string of the molecule is CC(=O)O[C@H](C)/C=C\[C@H](C1CCCCC1)[Si](C)(C)c1ccccc1. The van der Waals surface area contributed by atoms with Crippen LogP contribution in [0.25, 0.3) is 0 Å². The summed E-state index contributed by atoms with van der Waals surface area (Å²) >= 11 is 0. The van der Waals surface area contributed by atoms with Crippen LogP contribution in [0.1, 0.15) is 46.0 Å². The van der Waals surface area contributed by atoms with Gasteiger partial charge in [0.25, 0.3) is 0 Å². The van der Waals surface area contributed by atoms with E-state index in [1.165, 1.54) is 44.2 Å². The number of carbonyl (C=O) groups is 1. The summed E-state index contributed by atoms with van der Waals surface area (Å²) in [5, 5.41) is 1.52. The first-order valence-electron chi connectivity index (χ1n) is 9.32. The molecule has 1 aromatic rings. The molecule has 0 amide bonds. The van der Waals surface area contributed by atoms with Crippen LogP contribution in [0.5, 0.6) is 0 Å². The molecule has 1 fully saturated rings. The highest BCUT2D eigenvalue weighted by atomic mass is 28.3. The predicted molar refractivity (Wildman–Crippen MR) is 104 cm³/mol. The third-order valence-electron chi connectivity index (χ3n) is 5.45. The number of carbonyl (C=O) groups excluding carboxylic acids is 1. The number of rotatable bonds is 6. The van der Waals surface area contributed by atoms with Gasteiger partial charge in [0.15, 0.2) is 0 Å². The molecule has 132 valence electrons. The summed E-state index contributed by atoms with van der Waals surface area (Å²) < 4.78 is 5.30. The molecule has 0 spiro atoms. The Hall–Kier alpha value is -1.35. The third-order valence-corrected chi connectivity index (χ3v) is 9.60. The van der Waals surface area contributed by atoms with Crippen LogP contribution >= 0.6 is 0 Å². The summed E-state index contributed by atoms with van der Waals surface area (Å²) in [5.41, 5.74) is 0.596. The minimum atomic E-state index is -1.63. The van der Waals surface area contributed by atoms with E-state index < -0.39 is 8.07 Å². The lowest BCUT2D eigenvalue weighted by Gasteiger charge is -2.39. The van der Waals surface area contributed by atoms with Gasteiger partial charge in [0.05, 0.1) is 8.07 Å². The van der Waals surface area contributed by atoms with Crippen molar-refractivity contribution in [3.05, 3.63) is 42.5 Å². The van der Waals surface area contributed by atoms with Crippen molar-refractivity contribution < 1.29 is 9.53 Å². The average Bonchev–Trinajstić information content (AvgIpc) is 2.56. The predicted octanol–water partition coefficient (Wildman–Crippen LogP) is 5.06. The Morgan fingerprint density at radius 2 is 1.75 bits per heavy atom. The van der Waals surface area contributed by atoms with Gasteiger partial charge in [0, 0.05) is 6.92 Å².